The summed E-state index contributed by atoms with van der Waals surface area (Å²) in [6.45, 7) is 5.33. The Labute approximate surface area is 80.7 Å². The van der Waals surface area contributed by atoms with Gasteiger partial charge in [-0.1, -0.05) is 22.6 Å². The van der Waals surface area contributed by atoms with Gasteiger partial charge in [-0.3, -0.25) is 4.90 Å². The zero-order valence-electron chi connectivity index (χ0n) is 6.69. The molecule has 1 aliphatic heterocycles. The molecule has 0 spiro atoms. The van der Waals surface area contributed by atoms with Crippen LogP contribution in [0.1, 0.15) is 6.92 Å². The fraction of sp³-hybridized carbons (Fsp3) is 1.00. The van der Waals surface area contributed by atoms with Crippen molar-refractivity contribution < 1.29 is 4.39 Å². The number of hydrogen-bond acceptors (Lipinski definition) is 2. The second-order valence-electron chi connectivity index (χ2n) is 2.93. The predicted octanol–water partition coefficient (Wildman–Crippen LogP) is 1.01. The van der Waals surface area contributed by atoms with Gasteiger partial charge in [0, 0.05) is 26.2 Å². The van der Waals surface area contributed by atoms with Crippen molar-refractivity contribution >= 4 is 22.6 Å². The molecule has 1 N–H and O–H groups in total. The van der Waals surface area contributed by atoms with Crippen molar-refractivity contribution in [2.24, 2.45) is 0 Å². The van der Waals surface area contributed by atoms with Crippen molar-refractivity contribution in [3.8, 4) is 0 Å². The maximum Gasteiger partial charge on any atom is 0.125 e. The van der Waals surface area contributed by atoms with Gasteiger partial charge in [-0.25, -0.2) is 4.39 Å². The molecule has 0 unspecified atom stereocenters. The summed E-state index contributed by atoms with van der Waals surface area (Å²) in [6.07, 6.45) is -0.563. The Morgan fingerprint density at radius 2 is 2.36 bits per heavy atom. The molecule has 4 heteroatoms. The topological polar surface area (TPSA) is 15.3 Å². The smallest absolute Gasteiger partial charge is 0.125 e. The predicted molar refractivity (Wildman–Crippen MR) is 52.8 cm³/mol. The third kappa shape index (κ3) is 3.66. The Morgan fingerprint density at radius 1 is 1.73 bits per heavy atom. The summed E-state index contributed by atoms with van der Waals surface area (Å²) in [5.74, 6) is 0. The highest BCUT2D eigenvalue weighted by atomic mass is 127. The molecule has 2 nitrogen and oxygen atoms in total. The third-order valence-corrected chi connectivity index (χ3v) is 2.21. The highest BCUT2D eigenvalue weighted by Crippen LogP contribution is 2.09. The second kappa shape index (κ2) is 4.57. The fourth-order valence-electron chi connectivity index (χ4n) is 1.11. The van der Waals surface area contributed by atoms with E-state index in [4.69, 9.17) is 0 Å². The average molecular weight is 272 g/mol. The summed E-state index contributed by atoms with van der Waals surface area (Å²) < 4.78 is 12.8. The molecule has 1 rings (SSSR count). The van der Waals surface area contributed by atoms with Gasteiger partial charge in [-0.15, -0.1) is 0 Å². The first-order chi connectivity index (χ1) is 5.18. The maximum absolute atomic E-state index is 12.3. The second-order valence-corrected chi connectivity index (χ2v) is 4.80. The van der Waals surface area contributed by atoms with Gasteiger partial charge in [-0.05, 0) is 6.92 Å². The number of halogens is 2. The molecule has 11 heavy (non-hydrogen) atoms. The van der Waals surface area contributed by atoms with E-state index in [1.165, 1.54) is 0 Å². The van der Waals surface area contributed by atoms with Crippen LogP contribution in [-0.2, 0) is 0 Å². The van der Waals surface area contributed by atoms with Crippen LogP contribution in [0.25, 0.3) is 0 Å². The summed E-state index contributed by atoms with van der Waals surface area (Å²) in [5.41, 5.74) is 0. The molecule has 0 aromatic heterocycles. The lowest BCUT2D eigenvalue weighted by Crippen LogP contribution is -2.50. The van der Waals surface area contributed by atoms with Crippen LogP contribution in [0.2, 0.25) is 0 Å². The number of nitrogens with one attached hydrogen (secondary N) is 1. The summed E-state index contributed by atoms with van der Waals surface area (Å²) in [4.78, 5) is 2.12. The van der Waals surface area contributed by atoms with Gasteiger partial charge in [0.25, 0.3) is 0 Å². The van der Waals surface area contributed by atoms with Crippen molar-refractivity contribution in [2.45, 2.75) is 17.1 Å². The quantitative estimate of drug-likeness (QED) is 0.467. The Balaban J connectivity index is 1.89. The van der Waals surface area contributed by atoms with Crippen molar-refractivity contribution in [1.82, 2.24) is 10.2 Å². The number of rotatable bonds is 4. The molecule has 1 atom stereocenters. The number of likely N-dealkylation sites (tertiary alicyclic amines) is 1. The molecule has 1 heterocycles. The molecule has 0 aliphatic carbocycles. The van der Waals surface area contributed by atoms with Crippen LogP contribution in [0.3, 0.4) is 0 Å². The van der Waals surface area contributed by atoms with Gasteiger partial charge in [0.1, 0.15) is 6.17 Å². The van der Waals surface area contributed by atoms with E-state index in [0.29, 0.717) is 17.1 Å². The highest BCUT2D eigenvalue weighted by Gasteiger charge is 2.24. The van der Waals surface area contributed by atoms with Crippen molar-refractivity contribution in [3.63, 3.8) is 0 Å². The Kier molecular flexibility index (Phi) is 4.01. The molecule has 0 bridgehead atoms. The van der Waals surface area contributed by atoms with E-state index in [2.05, 4.69) is 39.7 Å². The summed E-state index contributed by atoms with van der Waals surface area (Å²) in [7, 11) is 0. The summed E-state index contributed by atoms with van der Waals surface area (Å²) in [6, 6.07) is 0. The SMILES string of the molecule is C[C@H](I)NCCN1CC(F)C1. The van der Waals surface area contributed by atoms with Crippen LogP contribution in [0.5, 0.6) is 0 Å². The molecule has 0 amide bonds. The van der Waals surface area contributed by atoms with Gasteiger partial charge in [0.05, 0.1) is 4.05 Å². The lowest BCUT2D eigenvalue weighted by Gasteiger charge is -2.34. The monoisotopic (exact) mass is 272 g/mol. The first-order valence-electron chi connectivity index (χ1n) is 3.92. The third-order valence-electron chi connectivity index (χ3n) is 1.77. The molecule has 66 valence electrons. The highest BCUT2D eigenvalue weighted by molar-refractivity contribution is 14.1. The summed E-state index contributed by atoms with van der Waals surface area (Å²) in [5, 5.41) is 3.28. The van der Waals surface area contributed by atoms with E-state index in [-0.39, 0.29) is 0 Å². The number of alkyl halides is 2. The summed E-state index contributed by atoms with van der Waals surface area (Å²) >= 11 is 2.32. The van der Waals surface area contributed by atoms with E-state index in [9.17, 15) is 4.39 Å². The lowest BCUT2D eigenvalue weighted by atomic mass is 10.2. The van der Waals surface area contributed by atoms with E-state index in [0.717, 1.165) is 13.1 Å². The van der Waals surface area contributed by atoms with Crippen molar-refractivity contribution in [2.75, 3.05) is 26.2 Å². The molecule has 1 fully saturated rings. The minimum atomic E-state index is -0.563. The van der Waals surface area contributed by atoms with Crippen LogP contribution < -0.4 is 5.32 Å². The first-order valence-corrected chi connectivity index (χ1v) is 5.17. The van der Waals surface area contributed by atoms with Crippen LogP contribution in [0, 0.1) is 0 Å². The zero-order chi connectivity index (χ0) is 8.27. The van der Waals surface area contributed by atoms with E-state index >= 15 is 0 Å². The van der Waals surface area contributed by atoms with Crippen molar-refractivity contribution in [3.05, 3.63) is 0 Å². The van der Waals surface area contributed by atoms with Crippen LogP contribution in [-0.4, -0.2) is 41.3 Å². The number of hydrogen-bond donors (Lipinski definition) is 1. The van der Waals surface area contributed by atoms with Gasteiger partial charge in [0.15, 0.2) is 0 Å². The Morgan fingerprint density at radius 3 is 2.82 bits per heavy atom. The lowest BCUT2D eigenvalue weighted by molar-refractivity contribution is 0.0669. The van der Waals surface area contributed by atoms with Gasteiger partial charge in [-0.2, -0.15) is 0 Å². The van der Waals surface area contributed by atoms with Gasteiger partial charge < -0.3 is 5.32 Å². The molecule has 0 aromatic rings. The van der Waals surface area contributed by atoms with Gasteiger partial charge in [0.2, 0.25) is 0 Å². The normalized spacial score (nSPS) is 23.2. The standard InChI is InChI=1S/C7H14FIN2/c1-6(9)10-2-3-11-4-7(8)5-11/h6-7,10H,2-5H2,1H3/t6-/m1/s1. The molecule has 0 aromatic carbocycles. The fourth-order valence-corrected chi connectivity index (χ4v) is 1.42. The number of nitrogens with zero attached hydrogens (tertiary/aromatic N) is 1. The molecule has 1 saturated heterocycles. The minimum Gasteiger partial charge on any atom is -0.304 e. The maximum atomic E-state index is 12.3. The van der Waals surface area contributed by atoms with Gasteiger partial charge >= 0.3 is 0 Å². The molecule has 0 saturated carbocycles. The van der Waals surface area contributed by atoms with Crippen LogP contribution in [0.4, 0.5) is 4.39 Å². The average Bonchev–Trinajstić information content (AvgIpc) is 1.83. The molecular weight excluding hydrogens is 258 g/mol. The minimum absolute atomic E-state index is 0.509. The Bertz CT molecular complexity index is 115. The molecule has 1 aliphatic rings. The van der Waals surface area contributed by atoms with Crippen molar-refractivity contribution in [1.29, 1.82) is 0 Å². The van der Waals surface area contributed by atoms with Crippen LogP contribution >= 0.6 is 22.6 Å². The van der Waals surface area contributed by atoms with E-state index in [1.807, 2.05) is 0 Å². The van der Waals surface area contributed by atoms with Crippen LogP contribution in [0.15, 0.2) is 0 Å². The Hall–Kier alpha value is 0.580. The largest absolute Gasteiger partial charge is 0.304 e. The molecule has 0 radical (unpaired) electrons. The first kappa shape index (κ1) is 9.67. The zero-order valence-corrected chi connectivity index (χ0v) is 8.84. The van der Waals surface area contributed by atoms with E-state index in [1.54, 1.807) is 0 Å². The molecular formula is C7H14FIN2. The van der Waals surface area contributed by atoms with E-state index < -0.39 is 6.17 Å².